The predicted octanol–water partition coefficient (Wildman–Crippen LogP) is 4.94. The Morgan fingerprint density at radius 2 is 1.91 bits per heavy atom. The first-order valence-corrected chi connectivity index (χ1v) is 10.1. The number of benzene rings is 1. The van der Waals surface area contributed by atoms with Gasteiger partial charge in [-0.05, 0) is 70.7 Å². The molecule has 3 nitrogen and oxygen atoms in total. The van der Waals surface area contributed by atoms with Crippen LogP contribution in [0.1, 0.15) is 58.4 Å². The van der Waals surface area contributed by atoms with Gasteiger partial charge in [-0.2, -0.15) is 0 Å². The standard InChI is InChI=1S/C18H24BrNO2S/c1-17(2,3)23(21)20-15-12-18(9-5-4-6-10-18)22-16-8-7-13(19)11-14(15)16/h7-8,11-12,20H,4-6,9-10H2,1-3H3. The maximum absolute atomic E-state index is 12.6. The molecule has 1 atom stereocenters. The summed E-state index contributed by atoms with van der Waals surface area (Å²) in [5, 5.41) is 0. The van der Waals surface area contributed by atoms with Gasteiger partial charge in [0.1, 0.15) is 22.3 Å². The van der Waals surface area contributed by atoms with E-state index in [1.54, 1.807) is 0 Å². The minimum atomic E-state index is -1.16. The molecule has 1 heterocycles. The lowest BCUT2D eigenvalue weighted by molar-refractivity contribution is 0.0742. The van der Waals surface area contributed by atoms with E-state index in [0.29, 0.717) is 0 Å². The molecule has 1 aromatic rings. The topological polar surface area (TPSA) is 38.3 Å². The summed E-state index contributed by atoms with van der Waals surface area (Å²) in [7, 11) is -1.16. The van der Waals surface area contributed by atoms with Crippen LogP contribution in [-0.4, -0.2) is 14.6 Å². The summed E-state index contributed by atoms with van der Waals surface area (Å²) in [6.45, 7) is 5.94. The van der Waals surface area contributed by atoms with E-state index in [-0.39, 0.29) is 10.3 Å². The van der Waals surface area contributed by atoms with Gasteiger partial charge in [-0.3, -0.25) is 0 Å². The second-order valence-electron chi connectivity index (χ2n) is 7.41. The SMILES string of the molecule is CC(C)(C)S(=O)NC1=CC2(CCCCC2)Oc2ccc(Br)cc21. The summed E-state index contributed by atoms with van der Waals surface area (Å²) < 4.78 is 22.9. The van der Waals surface area contributed by atoms with Crippen LogP contribution in [0, 0.1) is 0 Å². The molecule has 1 N–H and O–H groups in total. The average Bonchev–Trinajstić information content (AvgIpc) is 2.48. The van der Waals surface area contributed by atoms with Gasteiger partial charge in [-0.25, -0.2) is 4.21 Å². The van der Waals surface area contributed by atoms with Crippen LogP contribution in [0.3, 0.4) is 0 Å². The van der Waals surface area contributed by atoms with Crippen molar-refractivity contribution in [3.8, 4) is 5.75 Å². The third-order valence-corrected chi connectivity index (χ3v) is 6.42. The van der Waals surface area contributed by atoms with Crippen molar-refractivity contribution < 1.29 is 8.95 Å². The smallest absolute Gasteiger partial charge is 0.130 e. The summed E-state index contributed by atoms with van der Waals surface area (Å²) in [5.74, 6) is 0.881. The molecule has 23 heavy (non-hydrogen) atoms. The van der Waals surface area contributed by atoms with E-state index in [1.165, 1.54) is 19.3 Å². The Balaban J connectivity index is 2.00. The fourth-order valence-electron chi connectivity index (χ4n) is 3.12. The molecule has 1 fully saturated rings. The number of rotatable bonds is 2. The van der Waals surface area contributed by atoms with Gasteiger partial charge in [0.15, 0.2) is 0 Å². The predicted molar refractivity (Wildman–Crippen MR) is 99.6 cm³/mol. The van der Waals surface area contributed by atoms with Gasteiger partial charge in [0.25, 0.3) is 0 Å². The summed E-state index contributed by atoms with van der Waals surface area (Å²) in [4.78, 5) is 0. The molecule has 2 aliphatic rings. The molecule has 0 amide bonds. The second kappa shape index (κ2) is 6.25. The number of ether oxygens (including phenoxy) is 1. The van der Waals surface area contributed by atoms with Gasteiger partial charge in [0, 0.05) is 10.0 Å². The maximum Gasteiger partial charge on any atom is 0.130 e. The van der Waals surface area contributed by atoms with Crippen LogP contribution in [0.4, 0.5) is 0 Å². The molecule has 1 aliphatic carbocycles. The summed E-state index contributed by atoms with van der Waals surface area (Å²) in [6.07, 6.45) is 7.84. The first-order valence-electron chi connectivity index (χ1n) is 8.19. The van der Waals surface area contributed by atoms with E-state index in [1.807, 2.05) is 39.0 Å². The van der Waals surface area contributed by atoms with E-state index in [2.05, 4.69) is 26.7 Å². The van der Waals surface area contributed by atoms with E-state index in [9.17, 15) is 4.21 Å². The highest BCUT2D eigenvalue weighted by atomic mass is 79.9. The first-order chi connectivity index (χ1) is 10.8. The Morgan fingerprint density at radius 3 is 2.57 bits per heavy atom. The minimum absolute atomic E-state index is 0.247. The minimum Gasteiger partial charge on any atom is -0.482 e. The molecular weight excluding hydrogens is 374 g/mol. The highest BCUT2D eigenvalue weighted by Gasteiger charge is 2.37. The van der Waals surface area contributed by atoms with Crippen molar-refractivity contribution in [2.24, 2.45) is 0 Å². The Kier molecular flexibility index (Phi) is 4.62. The molecule has 1 aliphatic heterocycles. The fourth-order valence-corrected chi connectivity index (χ4v) is 4.16. The zero-order chi connectivity index (χ0) is 16.7. The molecule has 1 aromatic carbocycles. The molecule has 0 radical (unpaired) electrons. The number of fused-ring (bicyclic) bond motifs is 1. The Bertz CT molecular complexity index is 657. The average molecular weight is 398 g/mol. The summed E-state index contributed by atoms with van der Waals surface area (Å²) >= 11 is 3.52. The van der Waals surface area contributed by atoms with E-state index in [4.69, 9.17) is 4.74 Å². The van der Waals surface area contributed by atoms with Crippen LogP contribution in [-0.2, 0) is 11.0 Å². The summed E-state index contributed by atoms with van der Waals surface area (Å²) in [5.41, 5.74) is 1.67. The number of hydrogen-bond donors (Lipinski definition) is 1. The van der Waals surface area contributed by atoms with Crippen molar-refractivity contribution in [2.45, 2.75) is 63.2 Å². The maximum atomic E-state index is 12.6. The lowest BCUT2D eigenvalue weighted by Crippen LogP contribution is -2.41. The summed E-state index contributed by atoms with van der Waals surface area (Å²) in [6, 6.07) is 6.03. The molecule has 0 bridgehead atoms. The second-order valence-corrected chi connectivity index (χ2v) is 10.3. The zero-order valence-electron chi connectivity index (χ0n) is 13.9. The van der Waals surface area contributed by atoms with Gasteiger partial charge >= 0.3 is 0 Å². The van der Waals surface area contributed by atoms with E-state index < -0.39 is 11.0 Å². The lowest BCUT2D eigenvalue weighted by Gasteiger charge is -2.40. The largest absolute Gasteiger partial charge is 0.482 e. The Morgan fingerprint density at radius 1 is 1.22 bits per heavy atom. The van der Waals surface area contributed by atoms with Crippen molar-refractivity contribution in [1.29, 1.82) is 0 Å². The van der Waals surface area contributed by atoms with Crippen molar-refractivity contribution in [2.75, 3.05) is 0 Å². The Labute approximate surface area is 149 Å². The van der Waals surface area contributed by atoms with Crippen LogP contribution in [0.5, 0.6) is 5.75 Å². The molecule has 5 heteroatoms. The van der Waals surface area contributed by atoms with Crippen molar-refractivity contribution in [1.82, 2.24) is 4.72 Å². The molecule has 3 rings (SSSR count). The molecule has 1 spiro atoms. The molecule has 1 unspecified atom stereocenters. The van der Waals surface area contributed by atoms with Gasteiger partial charge < -0.3 is 9.46 Å². The molecule has 1 saturated carbocycles. The van der Waals surface area contributed by atoms with Gasteiger partial charge in [0.05, 0.1) is 10.4 Å². The Hall–Kier alpha value is -0.810. The van der Waals surface area contributed by atoms with E-state index >= 15 is 0 Å². The zero-order valence-corrected chi connectivity index (χ0v) is 16.4. The highest BCUT2D eigenvalue weighted by Crippen LogP contribution is 2.43. The molecular formula is C18H24BrNO2S. The monoisotopic (exact) mass is 397 g/mol. The molecule has 0 aromatic heterocycles. The number of halogens is 1. The highest BCUT2D eigenvalue weighted by molar-refractivity contribution is 9.10. The van der Waals surface area contributed by atoms with Gasteiger partial charge in [-0.15, -0.1) is 0 Å². The van der Waals surface area contributed by atoms with Crippen LogP contribution >= 0.6 is 15.9 Å². The third-order valence-electron chi connectivity index (χ3n) is 4.41. The lowest BCUT2D eigenvalue weighted by atomic mass is 9.82. The van der Waals surface area contributed by atoms with Crippen molar-refractivity contribution in [3.63, 3.8) is 0 Å². The molecule has 0 saturated heterocycles. The van der Waals surface area contributed by atoms with Gasteiger partial charge in [0.2, 0.25) is 0 Å². The normalized spacial score (nSPS) is 21.1. The first kappa shape index (κ1) is 17.0. The number of nitrogens with one attached hydrogen (secondary N) is 1. The van der Waals surface area contributed by atoms with Crippen LogP contribution in [0.2, 0.25) is 0 Å². The number of hydrogen-bond acceptors (Lipinski definition) is 2. The van der Waals surface area contributed by atoms with Crippen LogP contribution < -0.4 is 9.46 Å². The quantitative estimate of drug-likeness (QED) is 0.767. The van der Waals surface area contributed by atoms with Crippen molar-refractivity contribution in [3.05, 3.63) is 34.3 Å². The third kappa shape index (κ3) is 3.66. The fraction of sp³-hybridized carbons (Fsp3) is 0.556. The van der Waals surface area contributed by atoms with Crippen LogP contribution in [0.25, 0.3) is 5.70 Å². The van der Waals surface area contributed by atoms with Crippen molar-refractivity contribution >= 4 is 32.6 Å². The van der Waals surface area contributed by atoms with Gasteiger partial charge in [-0.1, -0.05) is 22.4 Å². The molecule has 126 valence electrons. The van der Waals surface area contributed by atoms with E-state index in [0.717, 1.165) is 34.3 Å². The van der Waals surface area contributed by atoms with Crippen LogP contribution in [0.15, 0.2) is 28.7 Å².